The summed E-state index contributed by atoms with van der Waals surface area (Å²) in [7, 11) is 0. The van der Waals surface area contributed by atoms with Crippen molar-refractivity contribution < 1.29 is 4.79 Å². The van der Waals surface area contributed by atoms with E-state index in [1.807, 2.05) is 21.6 Å². The molecular formula is C19H25N7OS. The van der Waals surface area contributed by atoms with Crippen LogP contribution < -0.4 is 10.6 Å². The fourth-order valence-corrected chi connectivity index (χ4v) is 4.40. The number of rotatable bonds is 6. The standard InChI is InChI=1S/C19H25N7OS/c1-13-10-22-18(28-13)15-9-19(2,3)26-16(24-15)14(11-23-26)17(27)21-5-4-7-25-8-6-20-12-25/h6,8,10-12,15,24H,4-5,7,9H2,1-3H3,(H,21,27). The number of fused-ring (bicyclic) bond motifs is 1. The van der Waals surface area contributed by atoms with Gasteiger partial charge in [0, 0.05) is 36.6 Å². The monoisotopic (exact) mass is 399 g/mol. The molecule has 0 spiro atoms. The highest BCUT2D eigenvalue weighted by Gasteiger charge is 2.37. The van der Waals surface area contributed by atoms with E-state index in [-0.39, 0.29) is 17.5 Å². The number of thiazole rings is 1. The maximum atomic E-state index is 12.8. The van der Waals surface area contributed by atoms with Crippen LogP contribution in [0.4, 0.5) is 5.82 Å². The number of amides is 1. The lowest BCUT2D eigenvalue weighted by Gasteiger charge is -2.37. The summed E-state index contributed by atoms with van der Waals surface area (Å²) < 4.78 is 3.92. The van der Waals surface area contributed by atoms with Crippen LogP contribution in [0.15, 0.2) is 31.1 Å². The van der Waals surface area contributed by atoms with Gasteiger partial charge in [0.1, 0.15) is 16.4 Å². The number of hydrogen-bond acceptors (Lipinski definition) is 6. The van der Waals surface area contributed by atoms with Crippen LogP contribution >= 0.6 is 11.3 Å². The smallest absolute Gasteiger partial charge is 0.256 e. The van der Waals surface area contributed by atoms with E-state index in [4.69, 9.17) is 0 Å². The number of nitrogens with zero attached hydrogens (tertiary/aromatic N) is 5. The third kappa shape index (κ3) is 3.66. The van der Waals surface area contributed by atoms with Crippen molar-refractivity contribution in [2.75, 3.05) is 11.9 Å². The van der Waals surface area contributed by atoms with Gasteiger partial charge >= 0.3 is 0 Å². The number of anilines is 1. The van der Waals surface area contributed by atoms with Crippen molar-refractivity contribution in [3.8, 4) is 0 Å². The molecule has 1 aliphatic rings. The van der Waals surface area contributed by atoms with Gasteiger partial charge < -0.3 is 15.2 Å². The minimum atomic E-state index is -0.204. The first-order valence-corrected chi connectivity index (χ1v) is 10.3. The Bertz CT molecular complexity index is 957. The van der Waals surface area contributed by atoms with Gasteiger partial charge in [-0.1, -0.05) is 0 Å². The molecule has 1 aliphatic heterocycles. The molecule has 0 saturated carbocycles. The minimum Gasteiger partial charge on any atom is -0.360 e. The molecule has 1 atom stereocenters. The Labute approximate surface area is 168 Å². The molecule has 4 rings (SSSR count). The van der Waals surface area contributed by atoms with Crippen LogP contribution in [0.25, 0.3) is 0 Å². The van der Waals surface area contributed by atoms with E-state index >= 15 is 0 Å². The van der Waals surface area contributed by atoms with E-state index in [1.54, 1.807) is 30.1 Å². The first kappa shape index (κ1) is 18.7. The highest BCUT2D eigenvalue weighted by molar-refractivity contribution is 7.11. The van der Waals surface area contributed by atoms with Crippen LogP contribution in [0.2, 0.25) is 0 Å². The fraction of sp³-hybridized carbons (Fsp3) is 0.474. The summed E-state index contributed by atoms with van der Waals surface area (Å²) in [6.45, 7) is 7.76. The maximum Gasteiger partial charge on any atom is 0.256 e. The molecule has 148 valence electrons. The molecule has 0 saturated heterocycles. The predicted molar refractivity (Wildman–Crippen MR) is 109 cm³/mol. The molecule has 0 aromatic carbocycles. The molecule has 3 aromatic heterocycles. The molecule has 1 amide bonds. The first-order valence-electron chi connectivity index (χ1n) is 9.45. The van der Waals surface area contributed by atoms with Crippen molar-refractivity contribution in [1.29, 1.82) is 0 Å². The molecule has 0 fully saturated rings. The first-order chi connectivity index (χ1) is 13.4. The highest BCUT2D eigenvalue weighted by atomic mass is 32.1. The Hall–Kier alpha value is -2.68. The van der Waals surface area contributed by atoms with E-state index in [0.29, 0.717) is 12.1 Å². The molecule has 9 heteroatoms. The number of hydrogen-bond donors (Lipinski definition) is 2. The van der Waals surface area contributed by atoms with Crippen molar-refractivity contribution in [3.63, 3.8) is 0 Å². The molecule has 1 unspecified atom stereocenters. The third-order valence-electron chi connectivity index (χ3n) is 4.98. The van der Waals surface area contributed by atoms with E-state index < -0.39 is 0 Å². The van der Waals surface area contributed by atoms with Gasteiger partial charge in [-0.15, -0.1) is 11.3 Å². The molecule has 2 N–H and O–H groups in total. The number of carbonyl (C=O) groups excluding carboxylic acids is 1. The van der Waals surface area contributed by atoms with Crippen LogP contribution in [0.1, 0.15) is 53.0 Å². The number of nitrogens with one attached hydrogen (secondary N) is 2. The van der Waals surface area contributed by atoms with Crippen molar-refractivity contribution in [2.45, 2.75) is 51.7 Å². The summed E-state index contributed by atoms with van der Waals surface area (Å²) in [5.41, 5.74) is 0.374. The molecule has 0 radical (unpaired) electrons. The van der Waals surface area contributed by atoms with Gasteiger partial charge in [0.25, 0.3) is 5.91 Å². The summed E-state index contributed by atoms with van der Waals surface area (Å²) in [4.78, 5) is 22.5. The second kappa shape index (κ2) is 7.38. The fourth-order valence-electron chi connectivity index (χ4n) is 3.57. The van der Waals surface area contributed by atoms with Crippen LogP contribution in [0, 0.1) is 6.92 Å². The Kier molecular flexibility index (Phi) is 4.92. The van der Waals surface area contributed by atoms with Crippen molar-refractivity contribution in [1.82, 2.24) is 29.6 Å². The van der Waals surface area contributed by atoms with Crippen LogP contribution in [0.3, 0.4) is 0 Å². The normalized spacial score (nSPS) is 17.8. The zero-order valence-corrected chi connectivity index (χ0v) is 17.2. The van der Waals surface area contributed by atoms with Crippen molar-refractivity contribution in [3.05, 3.63) is 46.6 Å². The lowest BCUT2D eigenvalue weighted by atomic mass is 9.93. The van der Waals surface area contributed by atoms with Crippen LogP contribution in [-0.2, 0) is 12.1 Å². The summed E-state index contributed by atoms with van der Waals surface area (Å²) >= 11 is 1.69. The topological polar surface area (TPSA) is 89.7 Å². The Morgan fingerprint density at radius 3 is 3.00 bits per heavy atom. The van der Waals surface area contributed by atoms with Gasteiger partial charge in [0.05, 0.1) is 24.1 Å². The van der Waals surface area contributed by atoms with E-state index in [2.05, 4.69) is 46.5 Å². The SMILES string of the molecule is Cc1cnc(C2CC(C)(C)n3ncc(C(=O)NCCCn4ccnc4)c3N2)s1. The van der Waals surface area contributed by atoms with E-state index in [1.165, 1.54) is 4.88 Å². The molecule has 3 aromatic rings. The van der Waals surface area contributed by atoms with Gasteiger partial charge in [-0.05, 0) is 33.6 Å². The minimum absolute atomic E-state index is 0.0747. The van der Waals surface area contributed by atoms with E-state index in [9.17, 15) is 4.79 Å². The van der Waals surface area contributed by atoms with Gasteiger partial charge in [0.2, 0.25) is 0 Å². The van der Waals surface area contributed by atoms with Gasteiger partial charge in [0.15, 0.2) is 0 Å². The number of aromatic nitrogens is 5. The highest BCUT2D eigenvalue weighted by Crippen LogP contribution is 2.40. The van der Waals surface area contributed by atoms with Gasteiger partial charge in [-0.2, -0.15) is 5.10 Å². The number of carbonyl (C=O) groups is 1. The number of aryl methyl sites for hydroxylation is 2. The summed E-state index contributed by atoms with van der Waals surface area (Å²) in [5, 5.41) is 12.0. The van der Waals surface area contributed by atoms with Crippen LogP contribution in [0.5, 0.6) is 0 Å². The average Bonchev–Trinajstić information content (AvgIpc) is 3.38. The average molecular weight is 400 g/mol. The Morgan fingerprint density at radius 1 is 1.43 bits per heavy atom. The molecule has 0 aliphatic carbocycles. The second-order valence-electron chi connectivity index (χ2n) is 7.75. The number of imidazole rings is 1. The quantitative estimate of drug-likeness (QED) is 0.622. The lowest BCUT2D eigenvalue weighted by Crippen LogP contribution is -2.38. The predicted octanol–water partition coefficient (Wildman–Crippen LogP) is 2.96. The molecule has 4 heterocycles. The molecule has 28 heavy (non-hydrogen) atoms. The van der Waals surface area contributed by atoms with Crippen molar-refractivity contribution in [2.24, 2.45) is 0 Å². The van der Waals surface area contributed by atoms with Crippen molar-refractivity contribution >= 4 is 23.1 Å². The third-order valence-corrected chi connectivity index (χ3v) is 6.00. The zero-order chi connectivity index (χ0) is 19.7. The molecule has 8 nitrogen and oxygen atoms in total. The molecule has 0 bridgehead atoms. The lowest BCUT2D eigenvalue weighted by molar-refractivity contribution is 0.0953. The van der Waals surface area contributed by atoms with Gasteiger partial charge in [-0.3, -0.25) is 4.79 Å². The largest absolute Gasteiger partial charge is 0.360 e. The van der Waals surface area contributed by atoms with Crippen LogP contribution in [-0.4, -0.2) is 36.8 Å². The molecular weight excluding hydrogens is 374 g/mol. The summed E-state index contributed by atoms with van der Waals surface area (Å²) in [5.74, 6) is 0.660. The second-order valence-corrected chi connectivity index (χ2v) is 9.02. The van der Waals surface area contributed by atoms with Gasteiger partial charge in [-0.25, -0.2) is 14.6 Å². The summed E-state index contributed by atoms with van der Waals surface area (Å²) in [6.07, 6.45) is 10.7. The van der Waals surface area contributed by atoms with E-state index in [0.717, 1.165) is 30.2 Å². The zero-order valence-electron chi connectivity index (χ0n) is 16.3. The Morgan fingerprint density at radius 2 is 2.29 bits per heavy atom. The maximum absolute atomic E-state index is 12.8. The summed E-state index contributed by atoms with van der Waals surface area (Å²) in [6, 6.07) is 0.0747. The Balaban J connectivity index is 1.46.